The number of esters is 3. The molecule has 0 aliphatic rings. The molecule has 0 amide bonds. The van der Waals surface area contributed by atoms with Crippen molar-refractivity contribution >= 4 is 17.9 Å². The fraction of sp³-hybridized carbons (Fsp3) is 0.899. The average Bonchev–Trinajstić information content (AvgIpc) is 3.41. The van der Waals surface area contributed by atoms with Crippen LogP contribution in [0.4, 0.5) is 0 Å². The number of unbranched alkanes of at least 4 members (excludes halogenated alkanes) is 48. The highest BCUT2D eigenvalue weighted by Gasteiger charge is 2.19. The van der Waals surface area contributed by atoms with E-state index in [1.807, 2.05) is 0 Å². The number of hydrogen-bond donors (Lipinski definition) is 0. The van der Waals surface area contributed by atoms with E-state index < -0.39 is 6.10 Å². The number of hydrogen-bond acceptors (Lipinski definition) is 6. The largest absolute Gasteiger partial charge is 0.462 e. The predicted octanol–water partition coefficient (Wildman–Crippen LogP) is 23.0. The molecule has 0 N–H and O–H groups in total. The van der Waals surface area contributed by atoms with Crippen LogP contribution in [0, 0.1) is 0 Å². The van der Waals surface area contributed by atoms with Gasteiger partial charge < -0.3 is 14.2 Å². The lowest BCUT2D eigenvalue weighted by atomic mass is 10.0. The van der Waals surface area contributed by atoms with E-state index in [1.165, 1.54) is 276 Å². The number of carbonyl (C=O) groups excluding carboxylic acids is 3. The highest BCUT2D eigenvalue weighted by Crippen LogP contribution is 2.18. The molecule has 1 atom stereocenters. The third-order valence-corrected chi connectivity index (χ3v) is 15.5. The minimum Gasteiger partial charge on any atom is -0.462 e. The van der Waals surface area contributed by atoms with Crippen molar-refractivity contribution in [2.45, 2.75) is 386 Å². The molecule has 0 radical (unpaired) electrons. The number of allylic oxidation sites excluding steroid dienone is 4. The summed E-state index contributed by atoms with van der Waals surface area (Å²) in [6, 6.07) is 0. The summed E-state index contributed by atoms with van der Waals surface area (Å²) >= 11 is 0. The van der Waals surface area contributed by atoms with Gasteiger partial charge in [0.1, 0.15) is 13.2 Å². The molecule has 0 aromatic heterocycles. The molecule has 0 aromatic carbocycles. The second-order valence-corrected chi connectivity index (χ2v) is 23.1. The van der Waals surface area contributed by atoms with Crippen LogP contribution < -0.4 is 0 Å². The maximum atomic E-state index is 12.9. The molecule has 0 heterocycles. The SMILES string of the molecule is CCCCCCC/C=C\C/C=C\CCCCCCCCCCCC(=O)OC(COC(=O)CCCCCCCCCC)COC(=O)CCCCCCCCCCCCCCCCCCCCCCCCCCCCCC. The van der Waals surface area contributed by atoms with Crippen LogP contribution in [0.1, 0.15) is 380 Å². The van der Waals surface area contributed by atoms with E-state index >= 15 is 0 Å². The minimum atomic E-state index is -0.769. The van der Waals surface area contributed by atoms with Crippen LogP contribution in [0.25, 0.3) is 0 Å². The summed E-state index contributed by atoms with van der Waals surface area (Å²) < 4.78 is 16.9. The van der Waals surface area contributed by atoms with Crippen LogP contribution in [0.2, 0.25) is 0 Å². The van der Waals surface area contributed by atoms with Crippen molar-refractivity contribution in [3.63, 3.8) is 0 Å². The fourth-order valence-electron chi connectivity index (χ4n) is 10.4. The smallest absolute Gasteiger partial charge is 0.306 e. The quantitative estimate of drug-likeness (QED) is 0.0261. The summed E-state index contributed by atoms with van der Waals surface area (Å²) in [6.45, 7) is 6.67. The normalized spacial score (nSPS) is 12.1. The third kappa shape index (κ3) is 62.6. The maximum absolute atomic E-state index is 12.9. The molecule has 0 saturated heterocycles. The Morgan fingerprint density at radius 2 is 0.480 bits per heavy atom. The Morgan fingerprint density at radius 1 is 0.267 bits per heavy atom. The van der Waals surface area contributed by atoms with Crippen molar-refractivity contribution in [1.29, 1.82) is 0 Å². The lowest BCUT2D eigenvalue weighted by Crippen LogP contribution is -2.30. The van der Waals surface area contributed by atoms with Crippen LogP contribution >= 0.6 is 0 Å². The highest BCUT2D eigenvalue weighted by atomic mass is 16.6. The Labute approximate surface area is 468 Å². The molecule has 0 fully saturated rings. The summed E-state index contributed by atoms with van der Waals surface area (Å²) in [5.41, 5.74) is 0. The molecule has 1 unspecified atom stereocenters. The van der Waals surface area contributed by atoms with Gasteiger partial charge in [0.05, 0.1) is 0 Å². The number of rotatable bonds is 63. The average molecular weight is 1060 g/mol. The lowest BCUT2D eigenvalue weighted by molar-refractivity contribution is -0.167. The topological polar surface area (TPSA) is 78.9 Å². The summed E-state index contributed by atoms with van der Waals surface area (Å²) in [5, 5.41) is 0. The number of ether oxygens (including phenoxy) is 3. The Morgan fingerprint density at radius 3 is 0.733 bits per heavy atom. The Balaban J connectivity index is 4.07. The molecule has 0 bridgehead atoms. The van der Waals surface area contributed by atoms with Gasteiger partial charge in [-0.15, -0.1) is 0 Å². The Hall–Kier alpha value is -2.11. The summed E-state index contributed by atoms with van der Waals surface area (Å²) in [5.74, 6) is -0.850. The molecule has 0 saturated carbocycles. The van der Waals surface area contributed by atoms with Crippen molar-refractivity contribution in [1.82, 2.24) is 0 Å². The third-order valence-electron chi connectivity index (χ3n) is 15.5. The summed E-state index contributed by atoms with van der Waals surface area (Å²) in [4.78, 5) is 38.2. The first kappa shape index (κ1) is 72.9. The summed E-state index contributed by atoms with van der Waals surface area (Å²) in [7, 11) is 0. The van der Waals surface area contributed by atoms with Gasteiger partial charge in [-0.25, -0.2) is 0 Å². The van der Waals surface area contributed by atoms with Gasteiger partial charge >= 0.3 is 17.9 Å². The van der Waals surface area contributed by atoms with Crippen LogP contribution in [-0.4, -0.2) is 37.2 Å². The van der Waals surface area contributed by atoms with E-state index in [1.54, 1.807) is 0 Å². The molecule has 0 aliphatic heterocycles. The zero-order valence-electron chi connectivity index (χ0n) is 50.8. The van der Waals surface area contributed by atoms with Crippen LogP contribution in [-0.2, 0) is 28.6 Å². The molecule has 442 valence electrons. The Kier molecular flexibility index (Phi) is 62.6. The van der Waals surface area contributed by atoms with Crippen molar-refractivity contribution in [3.8, 4) is 0 Å². The second kappa shape index (κ2) is 64.4. The van der Waals surface area contributed by atoms with E-state index in [2.05, 4.69) is 45.1 Å². The Bertz CT molecular complexity index is 1210. The van der Waals surface area contributed by atoms with Gasteiger partial charge in [0, 0.05) is 19.3 Å². The molecule has 0 aromatic rings. The van der Waals surface area contributed by atoms with Gasteiger partial charge in [-0.1, -0.05) is 334 Å². The zero-order chi connectivity index (χ0) is 54.3. The molecular formula is C69H130O6. The highest BCUT2D eigenvalue weighted by molar-refractivity contribution is 5.71. The molecule has 6 nitrogen and oxygen atoms in total. The van der Waals surface area contributed by atoms with E-state index in [0.717, 1.165) is 64.2 Å². The van der Waals surface area contributed by atoms with Crippen molar-refractivity contribution in [2.75, 3.05) is 13.2 Å². The molecule has 0 rings (SSSR count). The van der Waals surface area contributed by atoms with Gasteiger partial charge in [0.25, 0.3) is 0 Å². The van der Waals surface area contributed by atoms with E-state index in [0.29, 0.717) is 19.3 Å². The maximum Gasteiger partial charge on any atom is 0.306 e. The van der Waals surface area contributed by atoms with Crippen molar-refractivity contribution < 1.29 is 28.6 Å². The standard InChI is InChI=1S/C69H130O6/c1-4-7-10-13-16-19-21-23-25-27-29-31-32-33-34-35-36-37-39-40-42-44-46-48-50-53-56-59-62-68(71)74-65-66(64-73-67(70)61-58-55-52-18-15-12-9-6-3)75-69(72)63-60-57-54-51-49-47-45-43-41-38-30-28-26-24-22-20-17-14-11-8-5-2/h22,24,28,30,66H,4-21,23,25-27,29,31-65H2,1-3H3/b24-22-,30-28-. The van der Waals surface area contributed by atoms with E-state index in [9.17, 15) is 14.4 Å². The van der Waals surface area contributed by atoms with Crippen LogP contribution in [0.3, 0.4) is 0 Å². The minimum absolute atomic E-state index is 0.0674. The fourth-order valence-corrected chi connectivity index (χ4v) is 10.4. The second-order valence-electron chi connectivity index (χ2n) is 23.1. The molecule has 0 spiro atoms. The lowest BCUT2D eigenvalue weighted by Gasteiger charge is -2.18. The molecule has 75 heavy (non-hydrogen) atoms. The monoisotopic (exact) mass is 1050 g/mol. The number of carbonyl (C=O) groups is 3. The van der Waals surface area contributed by atoms with Gasteiger partial charge in [0.2, 0.25) is 0 Å². The van der Waals surface area contributed by atoms with Gasteiger partial charge in [-0.05, 0) is 51.4 Å². The first-order valence-corrected chi connectivity index (χ1v) is 33.8. The van der Waals surface area contributed by atoms with Gasteiger partial charge in [-0.2, -0.15) is 0 Å². The van der Waals surface area contributed by atoms with E-state index in [4.69, 9.17) is 14.2 Å². The first-order valence-electron chi connectivity index (χ1n) is 33.8. The molecule has 6 heteroatoms. The van der Waals surface area contributed by atoms with Crippen molar-refractivity contribution in [2.24, 2.45) is 0 Å². The van der Waals surface area contributed by atoms with Gasteiger partial charge in [-0.3, -0.25) is 14.4 Å². The van der Waals surface area contributed by atoms with Crippen molar-refractivity contribution in [3.05, 3.63) is 24.3 Å². The van der Waals surface area contributed by atoms with Crippen LogP contribution in [0.15, 0.2) is 24.3 Å². The predicted molar refractivity (Wildman–Crippen MR) is 326 cm³/mol. The molecule has 0 aliphatic carbocycles. The summed E-state index contributed by atoms with van der Waals surface area (Å²) in [6.07, 6.45) is 78.0. The van der Waals surface area contributed by atoms with Crippen LogP contribution in [0.5, 0.6) is 0 Å². The first-order chi connectivity index (χ1) is 37.0. The molecular weight excluding hydrogens is 925 g/mol. The van der Waals surface area contributed by atoms with E-state index in [-0.39, 0.29) is 31.1 Å². The van der Waals surface area contributed by atoms with Gasteiger partial charge in [0.15, 0.2) is 6.10 Å². The zero-order valence-corrected chi connectivity index (χ0v) is 50.8.